The number of imidazole rings is 1. The smallest absolute Gasteiger partial charge is 0.305 e. The molecule has 0 fully saturated rings. The van der Waals surface area contributed by atoms with Crippen LogP contribution in [-0.2, 0) is 29.5 Å². The van der Waals surface area contributed by atoms with Gasteiger partial charge in [0.15, 0.2) is 0 Å². The summed E-state index contributed by atoms with van der Waals surface area (Å²) in [7, 11) is 3.53. The third-order valence-electron chi connectivity index (χ3n) is 3.39. The van der Waals surface area contributed by atoms with Crippen molar-refractivity contribution in [3.63, 3.8) is 0 Å². The number of hydrogen-bond donors (Lipinski definition) is 0. The van der Waals surface area contributed by atoms with E-state index in [1.165, 1.54) is 31.5 Å². The molecule has 1 heterocycles. The van der Waals surface area contributed by atoms with E-state index in [-0.39, 0.29) is 5.97 Å². The molecule has 0 saturated heterocycles. The van der Waals surface area contributed by atoms with Crippen molar-refractivity contribution in [1.29, 1.82) is 0 Å². The minimum absolute atomic E-state index is 0.142. The molecular formula is C15H27N2O2+. The van der Waals surface area contributed by atoms with Gasteiger partial charge in [-0.05, 0) is 6.42 Å². The molecule has 19 heavy (non-hydrogen) atoms. The summed E-state index contributed by atoms with van der Waals surface area (Å²) in [4.78, 5) is 11.3. The number of methoxy groups -OCH3 is 1. The van der Waals surface area contributed by atoms with Crippen molar-refractivity contribution in [1.82, 2.24) is 4.57 Å². The minimum atomic E-state index is -0.142. The lowest BCUT2D eigenvalue weighted by molar-refractivity contribution is -0.680. The molecule has 0 aliphatic rings. The fraction of sp³-hybridized carbons (Fsp3) is 0.733. The van der Waals surface area contributed by atoms with Crippen LogP contribution in [0.1, 0.15) is 57.5 Å². The molecular weight excluding hydrogens is 240 g/mol. The first-order valence-corrected chi connectivity index (χ1v) is 7.16. The normalized spacial score (nSPS) is 11.1. The SMILES string of the molecule is CCCCn1c(CCC(=O)OC)c[n+](C)c1C(C)C. The Balaban J connectivity index is 2.95. The van der Waals surface area contributed by atoms with Crippen LogP contribution in [-0.4, -0.2) is 17.6 Å². The lowest BCUT2D eigenvalue weighted by atomic mass is 10.2. The largest absolute Gasteiger partial charge is 0.469 e. The highest BCUT2D eigenvalue weighted by molar-refractivity contribution is 5.69. The number of aromatic nitrogens is 2. The average molecular weight is 267 g/mol. The number of unbranched alkanes of at least 4 members (excludes halogenated alkanes) is 1. The van der Waals surface area contributed by atoms with Gasteiger partial charge in [0.1, 0.15) is 11.9 Å². The van der Waals surface area contributed by atoms with Crippen LogP contribution in [0.5, 0.6) is 0 Å². The maximum Gasteiger partial charge on any atom is 0.305 e. The molecule has 0 aliphatic heterocycles. The average Bonchev–Trinajstić information content (AvgIpc) is 2.69. The number of nitrogens with zero attached hydrogens (tertiary/aromatic N) is 2. The molecule has 1 aromatic heterocycles. The van der Waals surface area contributed by atoms with Crippen molar-refractivity contribution in [2.75, 3.05) is 7.11 Å². The topological polar surface area (TPSA) is 35.1 Å². The Morgan fingerprint density at radius 2 is 2.16 bits per heavy atom. The summed E-state index contributed by atoms with van der Waals surface area (Å²) in [6.45, 7) is 7.65. The van der Waals surface area contributed by atoms with E-state index in [0.717, 1.165) is 13.0 Å². The van der Waals surface area contributed by atoms with Crippen LogP contribution >= 0.6 is 0 Å². The molecule has 108 valence electrons. The third-order valence-corrected chi connectivity index (χ3v) is 3.39. The van der Waals surface area contributed by atoms with Crippen LogP contribution in [0.25, 0.3) is 0 Å². The van der Waals surface area contributed by atoms with E-state index in [2.05, 4.69) is 43.1 Å². The monoisotopic (exact) mass is 267 g/mol. The van der Waals surface area contributed by atoms with E-state index >= 15 is 0 Å². The molecule has 1 rings (SSSR count). The van der Waals surface area contributed by atoms with E-state index in [1.54, 1.807) is 0 Å². The molecule has 0 atom stereocenters. The fourth-order valence-corrected chi connectivity index (χ4v) is 2.52. The van der Waals surface area contributed by atoms with Gasteiger partial charge in [-0.2, -0.15) is 0 Å². The van der Waals surface area contributed by atoms with Gasteiger partial charge in [-0.15, -0.1) is 0 Å². The Morgan fingerprint density at radius 3 is 2.68 bits per heavy atom. The summed E-state index contributed by atoms with van der Waals surface area (Å²) >= 11 is 0. The van der Waals surface area contributed by atoms with Crippen LogP contribution < -0.4 is 4.57 Å². The van der Waals surface area contributed by atoms with Gasteiger partial charge in [-0.1, -0.05) is 27.2 Å². The molecule has 0 bridgehead atoms. The first-order chi connectivity index (χ1) is 9.01. The van der Waals surface area contributed by atoms with Crippen molar-refractivity contribution < 1.29 is 14.1 Å². The van der Waals surface area contributed by atoms with Gasteiger partial charge >= 0.3 is 5.97 Å². The van der Waals surface area contributed by atoms with Gasteiger partial charge in [0.2, 0.25) is 0 Å². The van der Waals surface area contributed by atoms with Crippen molar-refractivity contribution >= 4 is 5.97 Å². The second-order valence-corrected chi connectivity index (χ2v) is 5.33. The second kappa shape index (κ2) is 7.31. The predicted octanol–water partition coefficient (Wildman–Crippen LogP) is 2.34. The minimum Gasteiger partial charge on any atom is -0.469 e. The summed E-state index contributed by atoms with van der Waals surface area (Å²) in [5, 5.41) is 0. The molecule has 0 unspecified atom stereocenters. The lowest BCUT2D eigenvalue weighted by Gasteiger charge is -2.07. The summed E-state index contributed by atoms with van der Waals surface area (Å²) in [5.74, 6) is 1.67. The van der Waals surface area contributed by atoms with Crippen LogP contribution in [0.15, 0.2) is 6.20 Å². The van der Waals surface area contributed by atoms with Crippen LogP contribution in [0.4, 0.5) is 0 Å². The number of aryl methyl sites for hydroxylation is 2. The number of carbonyl (C=O) groups is 1. The van der Waals surface area contributed by atoms with Crippen molar-refractivity contribution in [2.45, 2.75) is 58.9 Å². The molecule has 1 aromatic rings. The third kappa shape index (κ3) is 4.08. The van der Waals surface area contributed by atoms with Crippen molar-refractivity contribution in [3.8, 4) is 0 Å². The van der Waals surface area contributed by atoms with E-state index in [4.69, 9.17) is 4.74 Å². The number of carbonyl (C=O) groups excluding carboxylic acids is 1. The van der Waals surface area contributed by atoms with Crippen LogP contribution in [0.3, 0.4) is 0 Å². The predicted molar refractivity (Wildman–Crippen MR) is 74.9 cm³/mol. The molecule has 0 N–H and O–H groups in total. The van der Waals surface area contributed by atoms with Gasteiger partial charge < -0.3 is 4.74 Å². The Hall–Kier alpha value is -1.32. The van der Waals surface area contributed by atoms with E-state index in [0.29, 0.717) is 12.3 Å². The maximum atomic E-state index is 11.3. The lowest BCUT2D eigenvalue weighted by Crippen LogP contribution is -2.33. The fourth-order valence-electron chi connectivity index (χ4n) is 2.52. The van der Waals surface area contributed by atoms with Gasteiger partial charge in [0, 0.05) is 6.42 Å². The number of ether oxygens (including phenoxy) is 1. The molecule has 0 radical (unpaired) electrons. The maximum absolute atomic E-state index is 11.3. The van der Waals surface area contributed by atoms with Gasteiger partial charge in [-0.25, -0.2) is 9.13 Å². The van der Waals surface area contributed by atoms with Crippen molar-refractivity contribution in [2.24, 2.45) is 7.05 Å². The van der Waals surface area contributed by atoms with Crippen LogP contribution in [0, 0.1) is 0 Å². The highest BCUT2D eigenvalue weighted by atomic mass is 16.5. The molecule has 0 spiro atoms. The number of esters is 1. The molecule has 4 nitrogen and oxygen atoms in total. The van der Waals surface area contributed by atoms with Gasteiger partial charge in [0.05, 0.1) is 33.0 Å². The zero-order valence-electron chi connectivity index (χ0n) is 12.9. The zero-order chi connectivity index (χ0) is 14.4. The number of hydrogen-bond acceptors (Lipinski definition) is 2. The van der Waals surface area contributed by atoms with Gasteiger partial charge in [-0.3, -0.25) is 4.79 Å². The quantitative estimate of drug-likeness (QED) is 0.561. The zero-order valence-corrected chi connectivity index (χ0v) is 12.9. The Labute approximate surface area is 116 Å². The van der Waals surface area contributed by atoms with E-state index in [1.807, 2.05) is 0 Å². The standard InChI is InChI=1S/C15H27N2O2/c1-6-7-10-17-13(8-9-14(18)19-5)11-16(4)15(17)12(2)3/h11-12H,6-10H2,1-5H3/q+1. The first-order valence-electron chi connectivity index (χ1n) is 7.16. The van der Waals surface area contributed by atoms with E-state index < -0.39 is 0 Å². The van der Waals surface area contributed by atoms with Crippen molar-refractivity contribution in [3.05, 3.63) is 17.7 Å². The summed E-state index contributed by atoms with van der Waals surface area (Å²) < 4.78 is 9.28. The Morgan fingerprint density at radius 1 is 1.47 bits per heavy atom. The Kier molecular flexibility index (Phi) is 6.06. The second-order valence-electron chi connectivity index (χ2n) is 5.33. The summed E-state index contributed by atoms with van der Waals surface area (Å²) in [6.07, 6.45) is 5.69. The van der Waals surface area contributed by atoms with Gasteiger partial charge in [0.25, 0.3) is 5.82 Å². The van der Waals surface area contributed by atoms with E-state index in [9.17, 15) is 4.79 Å². The number of rotatable bonds is 7. The Bertz CT molecular complexity index is 422. The highest BCUT2D eigenvalue weighted by Gasteiger charge is 2.23. The van der Waals surface area contributed by atoms with Crippen LogP contribution in [0.2, 0.25) is 0 Å². The summed E-state index contributed by atoms with van der Waals surface area (Å²) in [5.41, 5.74) is 1.23. The molecule has 0 saturated carbocycles. The molecule has 0 amide bonds. The molecule has 0 aromatic carbocycles. The molecule has 0 aliphatic carbocycles. The highest BCUT2D eigenvalue weighted by Crippen LogP contribution is 2.16. The molecule has 4 heteroatoms. The first kappa shape index (κ1) is 15.7. The summed E-state index contributed by atoms with van der Waals surface area (Å²) in [6, 6.07) is 0.